The molecule has 4 nitrogen and oxygen atoms in total. The molecule has 98 valence electrons. The van der Waals surface area contributed by atoms with Gasteiger partial charge in [0, 0.05) is 17.9 Å². The van der Waals surface area contributed by atoms with Crippen LogP contribution < -0.4 is 11.1 Å². The van der Waals surface area contributed by atoms with E-state index in [1.165, 1.54) is 11.6 Å². The Morgan fingerprint density at radius 1 is 1.26 bits per heavy atom. The number of carboxylic acid groups (broad SMARTS) is 1. The number of hydrogen-bond acceptors (Lipinski definition) is 3. The zero-order valence-electron chi connectivity index (χ0n) is 10.7. The van der Waals surface area contributed by atoms with E-state index in [0.29, 0.717) is 17.9 Å². The highest BCUT2D eigenvalue weighted by Gasteiger charge is 2.10. The lowest BCUT2D eigenvalue weighted by atomic mass is 10.1. The first-order valence-corrected chi connectivity index (χ1v) is 5.98. The second-order valence-corrected chi connectivity index (χ2v) is 4.45. The summed E-state index contributed by atoms with van der Waals surface area (Å²) in [6.45, 7) is 2.60. The van der Waals surface area contributed by atoms with Crippen LogP contribution in [0.25, 0.3) is 0 Å². The van der Waals surface area contributed by atoms with Crippen molar-refractivity contribution in [1.29, 1.82) is 0 Å². The molecule has 0 aromatic heterocycles. The maximum absolute atomic E-state index is 11.1. The molecular weight excluding hydrogens is 240 g/mol. The molecule has 0 unspecified atom stereocenters. The molecule has 0 heterocycles. The van der Waals surface area contributed by atoms with Gasteiger partial charge in [0.25, 0.3) is 0 Å². The highest BCUT2D eigenvalue weighted by Crippen LogP contribution is 2.20. The summed E-state index contributed by atoms with van der Waals surface area (Å²) in [4.78, 5) is 11.1. The summed E-state index contributed by atoms with van der Waals surface area (Å²) in [5.41, 5.74) is 9.09. The Balaban J connectivity index is 2.17. The Morgan fingerprint density at radius 3 is 2.74 bits per heavy atom. The maximum atomic E-state index is 11.1. The first kappa shape index (κ1) is 13.0. The van der Waals surface area contributed by atoms with Crippen LogP contribution in [-0.2, 0) is 6.54 Å². The van der Waals surface area contributed by atoms with Crippen molar-refractivity contribution in [2.45, 2.75) is 13.5 Å². The summed E-state index contributed by atoms with van der Waals surface area (Å²) < 4.78 is 0. The molecule has 2 rings (SSSR count). The molecule has 0 aliphatic rings. The molecule has 2 aromatic rings. The number of carboxylic acids is 1. The van der Waals surface area contributed by atoms with Gasteiger partial charge < -0.3 is 16.2 Å². The number of nitrogen functional groups attached to an aromatic ring is 1. The quantitative estimate of drug-likeness (QED) is 0.735. The third-order valence-corrected chi connectivity index (χ3v) is 2.84. The second kappa shape index (κ2) is 5.44. The SMILES string of the molecule is Cc1cccc(CNc2ccc(N)cc2C(=O)O)c1. The minimum atomic E-state index is -0.987. The molecule has 0 saturated heterocycles. The summed E-state index contributed by atoms with van der Waals surface area (Å²) in [5.74, 6) is -0.987. The van der Waals surface area contributed by atoms with E-state index >= 15 is 0 Å². The number of aromatic carboxylic acids is 1. The molecule has 0 atom stereocenters. The van der Waals surface area contributed by atoms with Crippen molar-refractivity contribution in [3.8, 4) is 0 Å². The minimum Gasteiger partial charge on any atom is -0.478 e. The molecule has 4 N–H and O–H groups in total. The van der Waals surface area contributed by atoms with Crippen LogP contribution in [0.1, 0.15) is 21.5 Å². The number of benzene rings is 2. The molecule has 0 aliphatic carbocycles. The molecule has 0 fully saturated rings. The number of nitrogens with one attached hydrogen (secondary N) is 1. The van der Waals surface area contributed by atoms with E-state index < -0.39 is 5.97 Å². The molecule has 19 heavy (non-hydrogen) atoms. The minimum absolute atomic E-state index is 0.188. The van der Waals surface area contributed by atoms with Gasteiger partial charge >= 0.3 is 5.97 Å². The topological polar surface area (TPSA) is 75.3 Å². The predicted molar refractivity (Wildman–Crippen MR) is 76.3 cm³/mol. The van der Waals surface area contributed by atoms with Crippen LogP contribution in [0.2, 0.25) is 0 Å². The van der Waals surface area contributed by atoms with Gasteiger partial charge in [0.05, 0.1) is 5.56 Å². The summed E-state index contributed by atoms with van der Waals surface area (Å²) in [5, 5.41) is 12.3. The first-order valence-electron chi connectivity index (χ1n) is 5.98. The molecule has 0 spiro atoms. The van der Waals surface area contributed by atoms with Gasteiger partial charge in [-0.25, -0.2) is 4.79 Å². The number of nitrogens with two attached hydrogens (primary N) is 1. The fourth-order valence-corrected chi connectivity index (χ4v) is 1.91. The highest BCUT2D eigenvalue weighted by molar-refractivity contribution is 5.95. The van der Waals surface area contributed by atoms with E-state index in [0.717, 1.165) is 5.56 Å². The van der Waals surface area contributed by atoms with Crippen molar-refractivity contribution < 1.29 is 9.90 Å². The fourth-order valence-electron chi connectivity index (χ4n) is 1.91. The van der Waals surface area contributed by atoms with Crippen molar-refractivity contribution in [2.75, 3.05) is 11.1 Å². The second-order valence-electron chi connectivity index (χ2n) is 4.45. The average molecular weight is 256 g/mol. The Kier molecular flexibility index (Phi) is 3.71. The van der Waals surface area contributed by atoms with Gasteiger partial charge in [-0.1, -0.05) is 29.8 Å². The molecule has 0 radical (unpaired) electrons. The van der Waals surface area contributed by atoms with Crippen LogP contribution in [-0.4, -0.2) is 11.1 Å². The van der Waals surface area contributed by atoms with Crippen molar-refractivity contribution in [3.05, 3.63) is 59.2 Å². The highest BCUT2D eigenvalue weighted by atomic mass is 16.4. The van der Waals surface area contributed by atoms with Gasteiger partial charge in [0.15, 0.2) is 0 Å². The number of carbonyl (C=O) groups is 1. The lowest BCUT2D eigenvalue weighted by molar-refractivity contribution is 0.0698. The number of rotatable bonds is 4. The van der Waals surface area contributed by atoms with Gasteiger partial charge in [-0.05, 0) is 30.7 Å². The largest absolute Gasteiger partial charge is 0.478 e. The lowest BCUT2D eigenvalue weighted by Gasteiger charge is -2.10. The summed E-state index contributed by atoms with van der Waals surface area (Å²) in [6.07, 6.45) is 0. The van der Waals surface area contributed by atoms with E-state index in [1.807, 2.05) is 25.1 Å². The van der Waals surface area contributed by atoms with E-state index in [1.54, 1.807) is 12.1 Å². The fraction of sp³-hybridized carbons (Fsp3) is 0.133. The molecule has 0 bridgehead atoms. The van der Waals surface area contributed by atoms with Crippen LogP contribution in [0.15, 0.2) is 42.5 Å². The molecule has 0 saturated carbocycles. The number of aryl methyl sites for hydroxylation is 1. The molecule has 4 heteroatoms. The average Bonchev–Trinajstić information content (AvgIpc) is 2.37. The Bertz CT molecular complexity index is 609. The summed E-state index contributed by atoms with van der Waals surface area (Å²) in [6, 6.07) is 12.9. The zero-order chi connectivity index (χ0) is 13.8. The first-order chi connectivity index (χ1) is 9.06. The Labute approximate surface area is 111 Å². The molecule has 2 aromatic carbocycles. The smallest absolute Gasteiger partial charge is 0.337 e. The van der Waals surface area contributed by atoms with Crippen LogP contribution in [0.4, 0.5) is 11.4 Å². The lowest BCUT2D eigenvalue weighted by Crippen LogP contribution is -2.07. The normalized spacial score (nSPS) is 10.2. The Hall–Kier alpha value is -2.49. The third kappa shape index (κ3) is 3.25. The Morgan fingerprint density at radius 2 is 2.05 bits per heavy atom. The van der Waals surface area contributed by atoms with Crippen LogP contribution in [0, 0.1) is 6.92 Å². The van der Waals surface area contributed by atoms with E-state index in [2.05, 4.69) is 11.4 Å². The zero-order valence-corrected chi connectivity index (χ0v) is 10.7. The third-order valence-electron chi connectivity index (χ3n) is 2.84. The maximum Gasteiger partial charge on any atom is 0.337 e. The van der Waals surface area contributed by atoms with Crippen LogP contribution >= 0.6 is 0 Å². The monoisotopic (exact) mass is 256 g/mol. The number of anilines is 2. The molecular formula is C15H16N2O2. The standard InChI is InChI=1S/C15H16N2O2/c1-10-3-2-4-11(7-10)9-17-14-6-5-12(16)8-13(14)15(18)19/h2-8,17H,9,16H2,1H3,(H,18,19). The number of hydrogen-bond donors (Lipinski definition) is 3. The predicted octanol–water partition coefficient (Wildman–Crippen LogP) is 2.89. The van der Waals surface area contributed by atoms with E-state index in [-0.39, 0.29) is 5.56 Å². The van der Waals surface area contributed by atoms with Gasteiger partial charge in [0.2, 0.25) is 0 Å². The van der Waals surface area contributed by atoms with Gasteiger partial charge in [-0.2, -0.15) is 0 Å². The van der Waals surface area contributed by atoms with Crippen molar-refractivity contribution in [1.82, 2.24) is 0 Å². The van der Waals surface area contributed by atoms with Crippen molar-refractivity contribution >= 4 is 17.3 Å². The molecule has 0 amide bonds. The van der Waals surface area contributed by atoms with E-state index in [9.17, 15) is 4.79 Å². The van der Waals surface area contributed by atoms with Crippen LogP contribution in [0.5, 0.6) is 0 Å². The van der Waals surface area contributed by atoms with E-state index in [4.69, 9.17) is 10.8 Å². The van der Waals surface area contributed by atoms with Crippen LogP contribution in [0.3, 0.4) is 0 Å². The van der Waals surface area contributed by atoms with Gasteiger partial charge in [-0.15, -0.1) is 0 Å². The van der Waals surface area contributed by atoms with Crippen molar-refractivity contribution in [2.24, 2.45) is 0 Å². The van der Waals surface area contributed by atoms with Gasteiger partial charge in [-0.3, -0.25) is 0 Å². The van der Waals surface area contributed by atoms with Gasteiger partial charge in [0.1, 0.15) is 0 Å². The van der Waals surface area contributed by atoms with Crippen molar-refractivity contribution in [3.63, 3.8) is 0 Å². The molecule has 0 aliphatic heterocycles. The summed E-state index contributed by atoms with van der Waals surface area (Å²) in [7, 11) is 0. The summed E-state index contributed by atoms with van der Waals surface area (Å²) >= 11 is 0.